The highest BCUT2D eigenvalue weighted by Gasteiger charge is 2.40. The second kappa shape index (κ2) is 7.29. The fraction of sp³-hybridized carbons (Fsp3) is 0.353. The van der Waals surface area contributed by atoms with Crippen molar-refractivity contribution < 1.29 is 27.8 Å². The summed E-state index contributed by atoms with van der Waals surface area (Å²) in [6, 6.07) is 5.24. The van der Waals surface area contributed by atoms with Crippen molar-refractivity contribution in [3.8, 4) is 5.75 Å². The number of rotatable bonds is 5. The van der Waals surface area contributed by atoms with Crippen LogP contribution in [-0.2, 0) is 6.18 Å². The van der Waals surface area contributed by atoms with Gasteiger partial charge in [-0.2, -0.15) is 18.3 Å². The van der Waals surface area contributed by atoms with E-state index in [0.29, 0.717) is 19.4 Å². The number of carboxylic acids is 1. The minimum atomic E-state index is -4.82. The van der Waals surface area contributed by atoms with Gasteiger partial charge in [-0.15, -0.1) is 0 Å². The van der Waals surface area contributed by atoms with Crippen molar-refractivity contribution in [2.45, 2.75) is 25.1 Å². The number of aromatic nitrogens is 2. The summed E-state index contributed by atoms with van der Waals surface area (Å²) in [6.45, 7) is 0.349. The number of anilines is 1. The normalized spacial score (nSPS) is 17.1. The van der Waals surface area contributed by atoms with E-state index in [1.165, 1.54) is 23.1 Å². The highest BCUT2D eigenvalue weighted by Crippen LogP contribution is 2.36. The molecule has 27 heavy (non-hydrogen) atoms. The molecule has 3 rings (SSSR count). The molecular formula is C17H15F3N3O4-. The largest absolute Gasteiger partial charge is 0.545 e. The van der Waals surface area contributed by atoms with Gasteiger partial charge >= 0.3 is 6.18 Å². The molecule has 1 fully saturated rings. The van der Waals surface area contributed by atoms with Crippen molar-refractivity contribution in [3.05, 3.63) is 51.9 Å². The second-order valence-corrected chi connectivity index (χ2v) is 6.07. The number of ether oxygens (including phenoxy) is 1. The maximum Gasteiger partial charge on any atom is 0.423 e. The summed E-state index contributed by atoms with van der Waals surface area (Å²) >= 11 is 0. The molecule has 0 spiro atoms. The molecule has 1 aliphatic rings. The van der Waals surface area contributed by atoms with Gasteiger partial charge < -0.3 is 19.5 Å². The lowest BCUT2D eigenvalue weighted by molar-refractivity contribution is -0.255. The van der Waals surface area contributed by atoms with Gasteiger partial charge in [0.1, 0.15) is 17.9 Å². The SMILES string of the molecule is O=C([O-])c1cccc(OC[C@H]2CCCN2c2cn[nH]c(=O)c2C(F)(F)F)c1. The number of hydrogen-bond acceptors (Lipinski definition) is 6. The number of aromatic amines is 1. The van der Waals surface area contributed by atoms with Crippen molar-refractivity contribution in [1.29, 1.82) is 0 Å². The molecule has 0 aliphatic carbocycles. The van der Waals surface area contributed by atoms with E-state index in [9.17, 15) is 27.9 Å². The van der Waals surface area contributed by atoms with Gasteiger partial charge in [-0.3, -0.25) is 4.79 Å². The molecule has 1 N–H and O–H groups in total. The second-order valence-electron chi connectivity index (χ2n) is 6.07. The maximum atomic E-state index is 13.3. The van der Waals surface area contributed by atoms with Crippen LogP contribution in [0.1, 0.15) is 28.8 Å². The molecule has 1 saturated heterocycles. The Labute approximate surface area is 151 Å². The molecular weight excluding hydrogens is 367 g/mol. The number of carbonyl (C=O) groups excluding carboxylic acids is 1. The zero-order valence-corrected chi connectivity index (χ0v) is 14.0. The van der Waals surface area contributed by atoms with Crippen molar-refractivity contribution in [2.75, 3.05) is 18.1 Å². The number of benzene rings is 1. The van der Waals surface area contributed by atoms with Gasteiger partial charge in [-0.25, -0.2) is 5.10 Å². The molecule has 0 bridgehead atoms. The number of alkyl halides is 3. The lowest BCUT2D eigenvalue weighted by Gasteiger charge is -2.28. The Morgan fingerprint density at radius 1 is 1.41 bits per heavy atom. The zero-order chi connectivity index (χ0) is 19.6. The number of nitrogens with zero attached hydrogens (tertiary/aromatic N) is 2. The number of halogens is 3. The number of H-pyrrole nitrogens is 1. The molecule has 1 aromatic carbocycles. The van der Waals surface area contributed by atoms with Crippen molar-refractivity contribution >= 4 is 11.7 Å². The third kappa shape index (κ3) is 4.04. The molecule has 0 radical (unpaired) electrons. The van der Waals surface area contributed by atoms with E-state index in [1.807, 2.05) is 5.10 Å². The monoisotopic (exact) mass is 382 g/mol. The summed E-state index contributed by atoms with van der Waals surface area (Å²) in [4.78, 5) is 24.0. The summed E-state index contributed by atoms with van der Waals surface area (Å²) in [5.74, 6) is -1.09. The number of nitrogens with one attached hydrogen (secondary N) is 1. The first-order valence-corrected chi connectivity index (χ1v) is 8.13. The van der Waals surface area contributed by atoms with E-state index < -0.39 is 29.3 Å². The Balaban J connectivity index is 1.81. The lowest BCUT2D eigenvalue weighted by atomic mass is 10.2. The number of carboxylic acid groups (broad SMARTS) is 1. The predicted molar refractivity (Wildman–Crippen MR) is 86.5 cm³/mol. The molecule has 1 aromatic heterocycles. The van der Waals surface area contributed by atoms with Crippen LogP contribution in [0, 0.1) is 0 Å². The van der Waals surface area contributed by atoms with Gasteiger partial charge in [0.15, 0.2) is 0 Å². The van der Waals surface area contributed by atoms with Crippen LogP contribution < -0.4 is 20.3 Å². The van der Waals surface area contributed by atoms with Gasteiger partial charge in [-0.1, -0.05) is 12.1 Å². The van der Waals surface area contributed by atoms with E-state index in [0.717, 1.165) is 6.20 Å². The lowest BCUT2D eigenvalue weighted by Crippen LogP contribution is -2.38. The third-order valence-corrected chi connectivity index (χ3v) is 4.32. The first-order chi connectivity index (χ1) is 12.8. The third-order valence-electron chi connectivity index (χ3n) is 4.32. The van der Waals surface area contributed by atoms with Gasteiger partial charge in [0.05, 0.1) is 23.9 Å². The Bertz CT molecular complexity index is 897. The molecule has 2 heterocycles. The quantitative estimate of drug-likeness (QED) is 0.835. The van der Waals surface area contributed by atoms with E-state index in [4.69, 9.17) is 4.74 Å². The molecule has 2 aromatic rings. The average molecular weight is 382 g/mol. The van der Waals surface area contributed by atoms with Crippen LogP contribution in [-0.4, -0.2) is 35.4 Å². The van der Waals surface area contributed by atoms with Crippen LogP contribution in [0.4, 0.5) is 18.9 Å². The fourth-order valence-electron chi connectivity index (χ4n) is 3.11. The Morgan fingerprint density at radius 2 is 2.19 bits per heavy atom. The highest BCUT2D eigenvalue weighted by atomic mass is 19.4. The van der Waals surface area contributed by atoms with E-state index in [-0.39, 0.29) is 23.6 Å². The number of aromatic carboxylic acids is 1. The van der Waals surface area contributed by atoms with Crippen LogP contribution in [0.5, 0.6) is 5.75 Å². The Hall–Kier alpha value is -3.04. The van der Waals surface area contributed by atoms with Crippen LogP contribution >= 0.6 is 0 Å². The molecule has 1 aliphatic heterocycles. The molecule has 0 unspecified atom stereocenters. The minimum absolute atomic E-state index is 0.0284. The van der Waals surface area contributed by atoms with Crippen LogP contribution in [0.2, 0.25) is 0 Å². The number of hydrogen-bond donors (Lipinski definition) is 1. The summed E-state index contributed by atoms with van der Waals surface area (Å²) in [5, 5.41) is 16.2. The van der Waals surface area contributed by atoms with Crippen molar-refractivity contribution in [2.24, 2.45) is 0 Å². The molecule has 0 saturated carbocycles. The Morgan fingerprint density at radius 3 is 2.89 bits per heavy atom. The Kier molecular flexibility index (Phi) is 5.06. The summed E-state index contributed by atoms with van der Waals surface area (Å²) in [7, 11) is 0. The van der Waals surface area contributed by atoms with Crippen LogP contribution in [0.3, 0.4) is 0 Å². The fourth-order valence-corrected chi connectivity index (χ4v) is 3.11. The van der Waals surface area contributed by atoms with Crippen molar-refractivity contribution in [3.63, 3.8) is 0 Å². The molecule has 1 atom stereocenters. The number of carbonyl (C=O) groups is 1. The van der Waals surface area contributed by atoms with Crippen LogP contribution in [0.25, 0.3) is 0 Å². The first-order valence-electron chi connectivity index (χ1n) is 8.13. The predicted octanol–water partition coefficient (Wildman–Crippen LogP) is 1.20. The molecule has 144 valence electrons. The average Bonchev–Trinajstić information content (AvgIpc) is 3.07. The summed E-state index contributed by atoms with van der Waals surface area (Å²) in [5.41, 5.74) is -2.94. The summed E-state index contributed by atoms with van der Waals surface area (Å²) in [6.07, 6.45) is -2.65. The van der Waals surface area contributed by atoms with Gasteiger partial charge in [0.25, 0.3) is 5.56 Å². The first kappa shape index (κ1) is 18.7. The maximum absolute atomic E-state index is 13.3. The smallest absolute Gasteiger partial charge is 0.423 e. The minimum Gasteiger partial charge on any atom is -0.545 e. The van der Waals surface area contributed by atoms with Crippen molar-refractivity contribution in [1.82, 2.24) is 10.2 Å². The van der Waals surface area contributed by atoms with E-state index in [2.05, 4.69) is 5.10 Å². The van der Waals surface area contributed by atoms with Gasteiger partial charge in [-0.05, 0) is 25.0 Å². The zero-order valence-electron chi connectivity index (χ0n) is 14.0. The molecule has 7 nitrogen and oxygen atoms in total. The molecule has 10 heteroatoms. The highest BCUT2D eigenvalue weighted by molar-refractivity contribution is 5.86. The van der Waals surface area contributed by atoms with Gasteiger partial charge in [0.2, 0.25) is 0 Å². The summed E-state index contributed by atoms with van der Waals surface area (Å²) < 4.78 is 45.4. The van der Waals surface area contributed by atoms with E-state index >= 15 is 0 Å². The molecule has 0 amide bonds. The topological polar surface area (TPSA) is 98.3 Å². The van der Waals surface area contributed by atoms with Crippen LogP contribution in [0.15, 0.2) is 35.3 Å². The van der Waals surface area contributed by atoms with E-state index in [1.54, 1.807) is 6.07 Å². The van der Waals surface area contributed by atoms with Gasteiger partial charge in [0, 0.05) is 12.1 Å². The standard InChI is InChI=1S/C17H16F3N3O4/c18-17(19,20)14-13(8-21-22-15(14)24)23-6-2-4-11(23)9-27-12-5-1-3-10(7-12)16(25)26/h1,3,5,7-8,11H,2,4,6,9H2,(H,22,24)(H,25,26)/p-1/t11-/m1/s1.